The van der Waals surface area contributed by atoms with Crippen molar-refractivity contribution in [3.8, 4) is 0 Å². The van der Waals surface area contributed by atoms with Crippen molar-refractivity contribution >= 4 is 11.9 Å². The molecule has 0 saturated carbocycles. The van der Waals surface area contributed by atoms with Crippen molar-refractivity contribution in [3.63, 3.8) is 0 Å². The minimum Gasteiger partial charge on any atom is -0.481 e. The van der Waals surface area contributed by atoms with E-state index in [-0.39, 0.29) is 17.2 Å². The van der Waals surface area contributed by atoms with E-state index in [9.17, 15) is 14.7 Å². The van der Waals surface area contributed by atoms with Crippen LogP contribution in [0.1, 0.15) is 47.0 Å². The van der Waals surface area contributed by atoms with Crippen LogP contribution in [0.5, 0.6) is 0 Å². The Morgan fingerprint density at radius 2 is 1.80 bits per heavy atom. The monoisotopic (exact) mass is 284 g/mol. The normalized spacial score (nSPS) is 20.6. The predicted octanol–water partition coefficient (Wildman–Crippen LogP) is 1.71. The molecule has 1 saturated heterocycles. The van der Waals surface area contributed by atoms with Crippen molar-refractivity contribution in [3.05, 3.63) is 0 Å². The number of amides is 1. The summed E-state index contributed by atoms with van der Waals surface area (Å²) in [5.74, 6) is -0.853. The van der Waals surface area contributed by atoms with Gasteiger partial charge in [-0.1, -0.05) is 20.8 Å². The third-order valence-electron chi connectivity index (χ3n) is 4.19. The summed E-state index contributed by atoms with van der Waals surface area (Å²) in [5, 5.41) is 9.21. The number of rotatable bonds is 4. The van der Waals surface area contributed by atoms with Gasteiger partial charge in [0.25, 0.3) is 0 Å². The third kappa shape index (κ3) is 4.20. The molecule has 20 heavy (non-hydrogen) atoms. The van der Waals surface area contributed by atoms with Crippen LogP contribution in [0.4, 0.5) is 0 Å². The number of nitrogens with zero attached hydrogens (tertiary/aromatic N) is 1. The number of nitrogens with two attached hydrogens (primary N) is 1. The summed E-state index contributed by atoms with van der Waals surface area (Å²) in [5.41, 5.74) is 5.11. The third-order valence-corrected chi connectivity index (χ3v) is 4.19. The average Bonchev–Trinajstić information content (AvgIpc) is 2.35. The molecule has 0 aromatic rings. The molecule has 1 unspecified atom stereocenters. The second-order valence-electron chi connectivity index (χ2n) is 7.39. The van der Waals surface area contributed by atoms with E-state index in [4.69, 9.17) is 5.73 Å². The first kappa shape index (κ1) is 17.0. The highest BCUT2D eigenvalue weighted by atomic mass is 16.4. The molecule has 1 heterocycles. The Bertz CT molecular complexity index is 366. The second-order valence-corrected chi connectivity index (χ2v) is 7.39. The highest BCUT2D eigenvalue weighted by Gasteiger charge is 2.39. The van der Waals surface area contributed by atoms with Gasteiger partial charge in [0, 0.05) is 19.6 Å². The van der Waals surface area contributed by atoms with Crippen LogP contribution in [0.2, 0.25) is 0 Å². The molecule has 0 bridgehead atoms. The first-order chi connectivity index (χ1) is 9.09. The highest BCUT2D eigenvalue weighted by molar-refractivity contribution is 5.80. The first-order valence-corrected chi connectivity index (χ1v) is 7.31. The van der Waals surface area contributed by atoms with Crippen LogP contribution in [0.25, 0.3) is 0 Å². The maximum atomic E-state index is 12.5. The Kier molecular flexibility index (Phi) is 5.19. The lowest BCUT2D eigenvalue weighted by Gasteiger charge is -2.38. The number of hydrogen-bond acceptors (Lipinski definition) is 3. The van der Waals surface area contributed by atoms with Crippen LogP contribution in [0, 0.1) is 16.7 Å². The molecule has 1 rings (SSSR count). The Balaban J connectivity index is 2.64. The van der Waals surface area contributed by atoms with E-state index in [0.717, 1.165) is 6.42 Å². The molecular weight excluding hydrogens is 256 g/mol. The van der Waals surface area contributed by atoms with Gasteiger partial charge >= 0.3 is 5.97 Å². The van der Waals surface area contributed by atoms with E-state index in [2.05, 4.69) is 20.8 Å². The fourth-order valence-corrected chi connectivity index (χ4v) is 2.70. The number of likely N-dealkylation sites (tertiary alicyclic amines) is 1. The van der Waals surface area contributed by atoms with E-state index < -0.39 is 11.4 Å². The Labute approximate surface area is 121 Å². The molecular formula is C15H28N2O3. The highest BCUT2D eigenvalue weighted by Crippen LogP contribution is 2.32. The van der Waals surface area contributed by atoms with Crippen LogP contribution in [0.15, 0.2) is 0 Å². The summed E-state index contributed by atoms with van der Waals surface area (Å²) < 4.78 is 0. The minimum absolute atomic E-state index is 0.0606. The standard InChI is InChI=1S/C15H28N2O3/c1-14(2,3)9-11(10-16)12(18)17-7-5-15(4,6-8-17)13(19)20/h11H,5-10,16H2,1-4H3,(H,19,20). The molecule has 116 valence electrons. The van der Waals surface area contributed by atoms with E-state index in [0.29, 0.717) is 32.5 Å². The van der Waals surface area contributed by atoms with Crippen molar-refractivity contribution < 1.29 is 14.7 Å². The largest absolute Gasteiger partial charge is 0.481 e. The molecule has 0 aromatic heterocycles. The van der Waals surface area contributed by atoms with E-state index in [1.54, 1.807) is 11.8 Å². The molecule has 1 fully saturated rings. The lowest BCUT2D eigenvalue weighted by atomic mass is 9.79. The van der Waals surface area contributed by atoms with E-state index in [1.807, 2.05) is 0 Å². The molecule has 1 aliphatic heterocycles. The molecule has 3 N–H and O–H groups in total. The van der Waals surface area contributed by atoms with Gasteiger partial charge in [0.05, 0.1) is 11.3 Å². The summed E-state index contributed by atoms with van der Waals surface area (Å²) in [4.78, 5) is 25.5. The average molecular weight is 284 g/mol. The van der Waals surface area contributed by atoms with E-state index >= 15 is 0 Å². The van der Waals surface area contributed by atoms with Crippen LogP contribution >= 0.6 is 0 Å². The smallest absolute Gasteiger partial charge is 0.309 e. The number of carbonyl (C=O) groups is 2. The molecule has 0 aliphatic carbocycles. The van der Waals surface area contributed by atoms with Crippen molar-refractivity contribution in [1.29, 1.82) is 0 Å². The maximum absolute atomic E-state index is 12.5. The maximum Gasteiger partial charge on any atom is 0.309 e. The van der Waals surface area contributed by atoms with Gasteiger partial charge in [0.15, 0.2) is 0 Å². The van der Waals surface area contributed by atoms with Gasteiger partial charge in [-0.05, 0) is 31.6 Å². The molecule has 0 spiro atoms. The van der Waals surface area contributed by atoms with Gasteiger partial charge < -0.3 is 15.7 Å². The van der Waals surface area contributed by atoms with Crippen molar-refractivity contribution in [2.24, 2.45) is 22.5 Å². The topological polar surface area (TPSA) is 83.6 Å². The summed E-state index contributed by atoms with van der Waals surface area (Å²) in [7, 11) is 0. The number of carboxylic acids is 1. The van der Waals surface area contributed by atoms with Crippen molar-refractivity contribution in [2.75, 3.05) is 19.6 Å². The molecule has 0 aromatic carbocycles. The fraction of sp³-hybridized carbons (Fsp3) is 0.867. The quantitative estimate of drug-likeness (QED) is 0.823. The number of carbonyl (C=O) groups excluding carboxylic acids is 1. The summed E-state index contributed by atoms with van der Waals surface area (Å²) in [6, 6.07) is 0. The molecule has 1 aliphatic rings. The number of aliphatic carboxylic acids is 1. The van der Waals surface area contributed by atoms with E-state index in [1.165, 1.54) is 0 Å². The lowest BCUT2D eigenvalue weighted by Crippen LogP contribution is -2.48. The Morgan fingerprint density at radius 1 is 1.30 bits per heavy atom. The molecule has 0 radical (unpaired) electrons. The zero-order valence-electron chi connectivity index (χ0n) is 13.1. The molecule has 5 heteroatoms. The second kappa shape index (κ2) is 6.12. The summed E-state index contributed by atoms with van der Waals surface area (Å²) in [6.45, 7) is 9.43. The van der Waals surface area contributed by atoms with Gasteiger partial charge in [-0.2, -0.15) is 0 Å². The minimum atomic E-state index is -0.769. The number of piperidine rings is 1. The zero-order chi connectivity index (χ0) is 15.6. The molecule has 1 atom stereocenters. The Morgan fingerprint density at radius 3 is 2.15 bits per heavy atom. The molecule has 5 nitrogen and oxygen atoms in total. The number of carboxylic acid groups (broad SMARTS) is 1. The molecule has 1 amide bonds. The van der Waals surface area contributed by atoms with Gasteiger partial charge in [-0.15, -0.1) is 0 Å². The van der Waals surface area contributed by atoms with Crippen molar-refractivity contribution in [1.82, 2.24) is 4.90 Å². The Hall–Kier alpha value is -1.10. The zero-order valence-corrected chi connectivity index (χ0v) is 13.1. The van der Waals surface area contributed by atoms with Crippen LogP contribution in [0.3, 0.4) is 0 Å². The van der Waals surface area contributed by atoms with Crippen LogP contribution < -0.4 is 5.73 Å². The van der Waals surface area contributed by atoms with Crippen molar-refractivity contribution in [2.45, 2.75) is 47.0 Å². The van der Waals surface area contributed by atoms with Crippen LogP contribution in [-0.2, 0) is 9.59 Å². The predicted molar refractivity (Wildman–Crippen MR) is 78.2 cm³/mol. The van der Waals surface area contributed by atoms with Gasteiger partial charge in [0.1, 0.15) is 0 Å². The van der Waals surface area contributed by atoms with Gasteiger partial charge in [0.2, 0.25) is 5.91 Å². The SMILES string of the molecule is CC(C)(C)CC(CN)C(=O)N1CCC(C)(C(=O)O)CC1. The summed E-state index contributed by atoms with van der Waals surface area (Å²) >= 11 is 0. The van der Waals surface area contributed by atoms with Gasteiger partial charge in [-0.25, -0.2) is 0 Å². The number of hydrogen-bond donors (Lipinski definition) is 2. The van der Waals surface area contributed by atoms with Crippen LogP contribution in [-0.4, -0.2) is 41.5 Å². The summed E-state index contributed by atoms with van der Waals surface area (Å²) in [6.07, 6.45) is 1.79. The van der Waals surface area contributed by atoms with Gasteiger partial charge in [-0.3, -0.25) is 9.59 Å². The lowest BCUT2D eigenvalue weighted by molar-refractivity contribution is -0.153. The first-order valence-electron chi connectivity index (χ1n) is 7.31. The fourth-order valence-electron chi connectivity index (χ4n) is 2.70.